The molecule has 1 heterocycles. The number of hydrogen-bond donors (Lipinski definition) is 1. The second kappa shape index (κ2) is 6.17. The van der Waals surface area contributed by atoms with Crippen LogP contribution in [0.4, 0.5) is 4.39 Å². The van der Waals surface area contributed by atoms with Crippen LogP contribution in [0, 0.1) is 12.7 Å². The fourth-order valence-corrected chi connectivity index (χ4v) is 3.53. The van der Waals surface area contributed by atoms with Crippen molar-refractivity contribution in [3.8, 4) is 0 Å². The van der Waals surface area contributed by atoms with E-state index in [4.69, 9.17) is 11.6 Å². The molecule has 1 fully saturated rings. The van der Waals surface area contributed by atoms with Gasteiger partial charge in [-0.25, -0.2) is 4.39 Å². The molecule has 0 radical (unpaired) electrons. The molecule has 1 aliphatic heterocycles. The van der Waals surface area contributed by atoms with Gasteiger partial charge in [-0.3, -0.25) is 0 Å². The van der Waals surface area contributed by atoms with Crippen molar-refractivity contribution in [3.63, 3.8) is 0 Å². The van der Waals surface area contributed by atoms with Crippen LogP contribution in [0.3, 0.4) is 0 Å². The number of nitrogens with one attached hydrogen (secondary N) is 1. The second-order valence-corrected chi connectivity index (χ2v) is 6.14. The van der Waals surface area contributed by atoms with Crippen molar-refractivity contribution in [2.24, 2.45) is 0 Å². The SMILES string of the molecule is Cc1cc(C2CCNCC2c2ccccc2Cl)ccc1F. The van der Waals surface area contributed by atoms with E-state index in [0.29, 0.717) is 17.4 Å². The standard InChI is InChI=1S/C18H19ClFN/c1-12-10-13(6-7-18(12)20)14-8-9-21-11-16(14)15-4-2-3-5-17(15)19/h2-7,10,14,16,21H,8-9,11H2,1H3. The van der Waals surface area contributed by atoms with E-state index in [9.17, 15) is 4.39 Å². The Kier molecular flexibility index (Phi) is 4.27. The van der Waals surface area contributed by atoms with Crippen LogP contribution in [0.25, 0.3) is 0 Å². The summed E-state index contributed by atoms with van der Waals surface area (Å²) >= 11 is 6.38. The van der Waals surface area contributed by atoms with E-state index < -0.39 is 0 Å². The summed E-state index contributed by atoms with van der Waals surface area (Å²) in [5.74, 6) is 0.574. The van der Waals surface area contributed by atoms with Crippen molar-refractivity contribution in [2.75, 3.05) is 13.1 Å². The maximum atomic E-state index is 13.5. The maximum Gasteiger partial charge on any atom is 0.126 e. The molecule has 3 heteroatoms. The zero-order valence-electron chi connectivity index (χ0n) is 12.1. The first-order chi connectivity index (χ1) is 10.2. The summed E-state index contributed by atoms with van der Waals surface area (Å²) in [6, 6.07) is 13.5. The minimum atomic E-state index is -0.137. The molecule has 2 atom stereocenters. The van der Waals surface area contributed by atoms with E-state index in [-0.39, 0.29) is 5.82 Å². The van der Waals surface area contributed by atoms with Crippen LogP contribution in [0.2, 0.25) is 5.02 Å². The third-order valence-corrected chi connectivity index (χ3v) is 4.74. The first-order valence-electron chi connectivity index (χ1n) is 7.38. The highest BCUT2D eigenvalue weighted by atomic mass is 35.5. The van der Waals surface area contributed by atoms with Gasteiger partial charge in [0.1, 0.15) is 5.82 Å². The summed E-state index contributed by atoms with van der Waals surface area (Å²) < 4.78 is 13.5. The molecule has 2 aromatic carbocycles. The zero-order chi connectivity index (χ0) is 14.8. The van der Waals surface area contributed by atoms with E-state index in [1.165, 1.54) is 11.1 Å². The van der Waals surface area contributed by atoms with Gasteiger partial charge < -0.3 is 5.32 Å². The van der Waals surface area contributed by atoms with Gasteiger partial charge in [0.2, 0.25) is 0 Å². The summed E-state index contributed by atoms with van der Waals surface area (Å²) in [5, 5.41) is 4.27. The zero-order valence-corrected chi connectivity index (χ0v) is 12.8. The van der Waals surface area contributed by atoms with Gasteiger partial charge in [0.15, 0.2) is 0 Å². The highest BCUT2D eigenvalue weighted by Crippen LogP contribution is 2.40. The summed E-state index contributed by atoms with van der Waals surface area (Å²) in [5.41, 5.74) is 3.10. The highest BCUT2D eigenvalue weighted by Gasteiger charge is 2.29. The van der Waals surface area contributed by atoms with Crippen LogP contribution in [0.15, 0.2) is 42.5 Å². The van der Waals surface area contributed by atoms with Gasteiger partial charge in [-0.15, -0.1) is 0 Å². The Hall–Kier alpha value is -1.38. The van der Waals surface area contributed by atoms with Gasteiger partial charge in [0, 0.05) is 17.5 Å². The Labute approximate surface area is 130 Å². The quantitative estimate of drug-likeness (QED) is 0.851. The number of aryl methyl sites for hydroxylation is 1. The second-order valence-electron chi connectivity index (χ2n) is 5.74. The molecule has 0 aliphatic carbocycles. The van der Waals surface area contributed by atoms with Gasteiger partial charge >= 0.3 is 0 Å². The lowest BCUT2D eigenvalue weighted by Crippen LogP contribution is -2.34. The highest BCUT2D eigenvalue weighted by molar-refractivity contribution is 6.31. The lowest BCUT2D eigenvalue weighted by atomic mass is 9.77. The molecular weight excluding hydrogens is 285 g/mol. The van der Waals surface area contributed by atoms with Gasteiger partial charge in [-0.1, -0.05) is 41.9 Å². The van der Waals surface area contributed by atoms with E-state index >= 15 is 0 Å². The first kappa shape index (κ1) is 14.6. The van der Waals surface area contributed by atoms with Crippen LogP contribution in [-0.4, -0.2) is 13.1 Å². The smallest absolute Gasteiger partial charge is 0.126 e. The Morgan fingerprint density at radius 2 is 1.95 bits per heavy atom. The topological polar surface area (TPSA) is 12.0 Å². The fourth-order valence-electron chi connectivity index (χ4n) is 3.26. The predicted octanol–water partition coefficient (Wildman–Crippen LogP) is 4.65. The molecule has 3 rings (SSSR count). The average Bonchev–Trinajstić information content (AvgIpc) is 2.51. The number of halogens is 2. The fraction of sp³-hybridized carbons (Fsp3) is 0.333. The number of rotatable bonds is 2. The van der Waals surface area contributed by atoms with Gasteiger partial charge in [-0.05, 0) is 54.6 Å². The summed E-state index contributed by atoms with van der Waals surface area (Å²) in [4.78, 5) is 0. The molecule has 1 aliphatic rings. The molecule has 0 amide bonds. The number of benzene rings is 2. The van der Waals surface area contributed by atoms with Crippen molar-refractivity contribution < 1.29 is 4.39 Å². The molecule has 21 heavy (non-hydrogen) atoms. The van der Waals surface area contributed by atoms with Crippen LogP contribution in [0.1, 0.15) is 34.9 Å². The summed E-state index contributed by atoms with van der Waals surface area (Å²) in [6.45, 7) is 3.72. The van der Waals surface area contributed by atoms with Gasteiger partial charge in [0.05, 0.1) is 0 Å². The van der Waals surface area contributed by atoms with Crippen LogP contribution in [-0.2, 0) is 0 Å². The molecule has 1 saturated heterocycles. The molecule has 2 aromatic rings. The van der Waals surface area contributed by atoms with Gasteiger partial charge in [0.25, 0.3) is 0 Å². The monoisotopic (exact) mass is 303 g/mol. The first-order valence-corrected chi connectivity index (χ1v) is 7.76. The average molecular weight is 304 g/mol. The van der Waals surface area contributed by atoms with Crippen LogP contribution >= 0.6 is 11.6 Å². The molecular formula is C18H19ClFN. The van der Waals surface area contributed by atoms with Crippen molar-refractivity contribution in [1.82, 2.24) is 5.32 Å². The van der Waals surface area contributed by atoms with E-state index in [1.54, 1.807) is 6.07 Å². The molecule has 0 aromatic heterocycles. The lowest BCUT2D eigenvalue weighted by Gasteiger charge is -2.33. The normalized spacial score (nSPS) is 22.2. The lowest BCUT2D eigenvalue weighted by molar-refractivity contribution is 0.403. The number of piperidine rings is 1. The van der Waals surface area contributed by atoms with Crippen molar-refractivity contribution in [3.05, 3.63) is 70.0 Å². The molecule has 0 saturated carbocycles. The molecule has 0 bridgehead atoms. The largest absolute Gasteiger partial charge is 0.316 e. The minimum Gasteiger partial charge on any atom is -0.316 e. The predicted molar refractivity (Wildman–Crippen MR) is 85.6 cm³/mol. The van der Waals surface area contributed by atoms with Crippen molar-refractivity contribution in [1.29, 1.82) is 0 Å². The van der Waals surface area contributed by atoms with Crippen LogP contribution in [0.5, 0.6) is 0 Å². The Bertz CT molecular complexity index is 641. The molecule has 1 nitrogen and oxygen atoms in total. The van der Waals surface area contributed by atoms with Crippen LogP contribution < -0.4 is 5.32 Å². The summed E-state index contributed by atoms with van der Waals surface area (Å²) in [7, 11) is 0. The van der Waals surface area contributed by atoms with Gasteiger partial charge in [-0.2, -0.15) is 0 Å². The third-order valence-electron chi connectivity index (χ3n) is 4.40. The maximum absolute atomic E-state index is 13.5. The molecule has 0 spiro atoms. The summed E-state index contributed by atoms with van der Waals surface area (Å²) in [6.07, 6.45) is 1.04. The molecule has 1 N–H and O–H groups in total. The molecule has 2 unspecified atom stereocenters. The minimum absolute atomic E-state index is 0.137. The Morgan fingerprint density at radius 3 is 2.71 bits per heavy atom. The van der Waals surface area contributed by atoms with Crippen molar-refractivity contribution in [2.45, 2.75) is 25.2 Å². The van der Waals surface area contributed by atoms with E-state index in [1.807, 2.05) is 37.3 Å². The van der Waals surface area contributed by atoms with E-state index in [2.05, 4.69) is 11.4 Å². The Morgan fingerprint density at radius 1 is 1.14 bits per heavy atom. The molecule has 110 valence electrons. The Balaban J connectivity index is 1.98. The van der Waals surface area contributed by atoms with E-state index in [0.717, 1.165) is 24.5 Å². The third kappa shape index (κ3) is 2.97. The number of hydrogen-bond acceptors (Lipinski definition) is 1. The van der Waals surface area contributed by atoms with Crippen molar-refractivity contribution >= 4 is 11.6 Å².